The monoisotopic (exact) mass is 277 g/mol. The average Bonchev–Trinajstić information content (AvgIpc) is 2.39. The maximum absolute atomic E-state index is 13.6. The van der Waals surface area contributed by atoms with Gasteiger partial charge in [-0.05, 0) is 18.2 Å². The van der Waals surface area contributed by atoms with Crippen molar-refractivity contribution in [3.8, 4) is 0 Å². The number of halogens is 1. The summed E-state index contributed by atoms with van der Waals surface area (Å²) in [5.41, 5.74) is 3.76. The number of nitrogens with one attached hydrogen (secondary N) is 1. The molecule has 1 amide bonds. The summed E-state index contributed by atoms with van der Waals surface area (Å²) >= 11 is 0. The number of amides is 1. The lowest BCUT2D eigenvalue weighted by molar-refractivity contribution is -0.384. The Bertz CT molecular complexity index is 677. The first kappa shape index (κ1) is 13.3. The van der Waals surface area contributed by atoms with Crippen LogP contribution in [0, 0.1) is 15.9 Å². The summed E-state index contributed by atoms with van der Waals surface area (Å²) in [6.45, 7) is 0. The third-order valence-electron chi connectivity index (χ3n) is 2.41. The highest BCUT2D eigenvalue weighted by molar-refractivity contribution is 6.08. The van der Waals surface area contributed by atoms with Crippen molar-refractivity contribution < 1.29 is 14.1 Å². The molecule has 9 heteroatoms. The third-order valence-corrected chi connectivity index (χ3v) is 2.41. The van der Waals surface area contributed by atoms with Gasteiger partial charge in [0.05, 0.1) is 4.92 Å². The van der Waals surface area contributed by atoms with Crippen LogP contribution in [0.4, 0.5) is 21.6 Å². The molecule has 0 aliphatic carbocycles. The van der Waals surface area contributed by atoms with Crippen LogP contribution in [0.25, 0.3) is 0 Å². The Morgan fingerprint density at radius 2 is 2.15 bits per heavy atom. The molecule has 0 bridgehead atoms. The van der Waals surface area contributed by atoms with Gasteiger partial charge in [0.1, 0.15) is 17.1 Å². The molecule has 8 nitrogen and oxygen atoms in total. The molecule has 3 N–H and O–H groups in total. The Kier molecular flexibility index (Phi) is 3.51. The van der Waals surface area contributed by atoms with Crippen molar-refractivity contribution >= 4 is 23.1 Å². The molecule has 20 heavy (non-hydrogen) atoms. The Balaban J connectivity index is 2.39. The van der Waals surface area contributed by atoms with E-state index in [-0.39, 0.29) is 5.82 Å². The quantitative estimate of drug-likeness (QED) is 0.495. The molecule has 0 fully saturated rings. The largest absolute Gasteiger partial charge is 0.392 e. The zero-order valence-corrected chi connectivity index (χ0v) is 9.91. The van der Waals surface area contributed by atoms with Crippen molar-refractivity contribution in [2.45, 2.75) is 0 Å². The van der Waals surface area contributed by atoms with Crippen molar-refractivity contribution in [2.24, 2.45) is 0 Å². The van der Waals surface area contributed by atoms with Gasteiger partial charge in [-0.15, -0.1) is 5.10 Å². The van der Waals surface area contributed by atoms with E-state index in [4.69, 9.17) is 5.73 Å². The Labute approximate surface area is 111 Å². The van der Waals surface area contributed by atoms with Gasteiger partial charge in [-0.2, -0.15) is 5.10 Å². The fraction of sp³-hybridized carbons (Fsp3) is 0. The number of nitrogens with zero attached hydrogens (tertiary/aromatic N) is 3. The second kappa shape index (κ2) is 5.26. The zero-order valence-electron chi connectivity index (χ0n) is 9.91. The highest BCUT2D eigenvalue weighted by Crippen LogP contribution is 2.27. The van der Waals surface area contributed by atoms with E-state index in [0.29, 0.717) is 0 Å². The van der Waals surface area contributed by atoms with Gasteiger partial charge in [-0.1, -0.05) is 0 Å². The molecule has 0 aliphatic rings. The number of carbonyl (C=O) groups excluding carboxylic acids is 1. The molecule has 102 valence electrons. The van der Waals surface area contributed by atoms with E-state index in [9.17, 15) is 19.3 Å². The van der Waals surface area contributed by atoms with Gasteiger partial charge in [-0.25, -0.2) is 4.39 Å². The van der Waals surface area contributed by atoms with Gasteiger partial charge in [0, 0.05) is 12.3 Å². The van der Waals surface area contributed by atoms with Crippen LogP contribution in [-0.4, -0.2) is 21.0 Å². The first-order chi connectivity index (χ1) is 9.50. The lowest BCUT2D eigenvalue weighted by atomic mass is 10.1. The van der Waals surface area contributed by atoms with Crippen LogP contribution >= 0.6 is 0 Å². The van der Waals surface area contributed by atoms with Crippen LogP contribution < -0.4 is 11.1 Å². The topological polar surface area (TPSA) is 124 Å². The van der Waals surface area contributed by atoms with E-state index in [2.05, 4.69) is 15.5 Å². The lowest BCUT2D eigenvalue weighted by Crippen LogP contribution is -2.17. The van der Waals surface area contributed by atoms with Gasteiger partial charge in [-0.3, -0.25) is 14.9 Å². The Hall–Kier alpha value is -3.10. The van der Waals surface area contributed by atoms with Crippen LogP contribution in [-0.2, 0) is 0 Å². The van der Waals surface area contributed by atoms with Crippen molar-refractivity contribution in [3.63, 3.8) is 0 Å². The minimum atomic E-state index is -0.963. The highest BCUT2D eigenvalue weighted by Gasteiger charge is 2.24. The summed E-state index contributed by atoms with van der Waals surface area (Å²) < 4.78 is 13.6. The number of nitro benzene ring substituents is 1. The van der Waals surface area contributed by atoms with E-state index in [1.165, 1.54) is 18.3 Å². The van der Waals surface area contributed by atoms with Crippen LogP contribution in [0.1, 0.15) is 10.4 Å². The zero-order chi connectivity index (χ0) is 14.7. The first-order valence-corrected chi connectivity index (χ1v) is 5.32. The number of rotatable bonds is 3. The third kappa shape index (κ3) is 2.51. The van der Waals surface area contributed by atoms with E-state index >= 15 is 0 Å². The fourth-order valence-electron chi connectivity index (χ4n) is 1.52. The number of nitrogens with two attached hydrogens (primary N) is 1. The van der Waals surface area contributed by atoms with Crippen molar-refractivity contribution in [3.05, 3.63) is 52.0 Å². The second-order valence-electron chi connectivity index (χ2n) is 3.68. The van der Waals surface area contributed by atoms with Gasteiger partial charge in [0.25, 0.3) is 11.6 Å². The van der Waals surface area contributed by atoms with Gasteiger partial charge < -0.3 is 11.1 Å². The molecule has 1 aromatic heterocycles. The lowest BCUT2D eigenvalue weighted by Gasteiger charge is -2.07. The number of aromatic nitrogens is 2. The molecule has 0 spiro atoms. The molecule has 0 radical (unpaired) electrons. The predicted octanol–water partition coefficient (Wildman–Crippen LogP) is 1.36. The number of nitro groups is 1. The SMILES string of the molecule is Nc1c([N+](=O)[O-])ccc(F)c1C(=O)Nc1cccnn1. The summed E-state index contributed by atoms with van der Waals surface area (Å²) in [6, 6.07) is 4.63. The molecule has 0 unspecified atom stereocenters. The maximum Gasteiger partial charge on any atom is 0.293 e. The van der Waals surface area contributed by atoms with E-state index in [0.717, 1.165) is 12.1 Å². The summed E-state index contributed by atoms with van der Waals surface area (Å²) in [5, 5.41) is 20.1. The Morgan fingerprint density at radius 3 is 2.75 bits per heavy atom. The maximum atomic E-state index is 13.6. The second-order valence-corrected chi connectivity index (χ2v) is 3.68. The van der Waals surface area contributed by atoms with Crippen molar-refractivity contribution in [2.75, 3.05) is 11.1 Å². The molecule has 0 saturated heterocycles. The van der Waals surface area contributed by atoms with Gasteiger partial charge >= 0.3 is 0 Å². The molecular formula is C11H8FN5O3. The highest BCUT2D eigenvalue weighted by atomic mass is 19.1. The molecule has 0 aliphatic heterocycles. The summed E-state index contributed by atoms with van der Waals surface area (Å²) in [6.07, 6.45) is 1.39. The molecule has 2 rings (SSSR count). The number of carbonyl (C=O) groups is 1. The number of hydrogen-bond acceptors (Lipinski definition) is 6. The van der Waals surface area contributed by atoms with E-state index < -0.39 is 33.6 Å². The molecule has 0 saturated carbocycles. The fourth-order valence-corrected chi connectivity index (χ4v) is 1.52. The minimum absolute atomic E-state index is 0.0720. The summed E-state index contributed by atoms with van der Waals surface area (Å²) in [5.74, 6) is -1.83. The number of nitrogen functional groups attached to an aromatic ring is 1. The van der Waals surface area contributed by atoms with Gasteiger partial charge in [0.2, 0.25) is 0 Å². The molecule has 1 aromatic carbocycles. The first-order valence-electron chi connectivity index (χ1n) is 5.32. The number of anilines is 2. The van der Waals surface area contributed by atoms with Crippen LogP contribution in [0.15, 0.2) is 30.5 Å². The standard InChI is InChI=1S/C11H8FN5O3/c12-6-3-4-7(17(19)20)10(13)9(6)11(18)15-8-2-1-5-14-16-8/h1-5H,13H2,(H,15,16,18). The van der Waals surface area contributed by atoms with Crippen LogP contribution in [0.5, 0.6) is 0 Å². The van der Waals surface area contributed by atoms with Gasteiger partial charge in [0.15, 0.2) is 5.82 Å². The molecule has 2 aromatic rings. The average molecular weight is 277 g/mol. The molecule has 1 heterocycles. The van der Waals surface area contributed by atoms with E-state index in [1.807, 2.05) is 0 Å². The predicted molar refractivity (Wildman–Crippen MR) is 67.5 cm³/mol. The number of benzene rings is 1. The van der Waals surface area contributed by atoms with E-state index in [1.54, 1.807) is 0 Å². The smallest absolute Gasteiger partial charge is 0.293 e. The summed E-state index contributed by atoms with van der Waals surface area (Å²) in [7, 11) is 0. The van der Waals surface area contributed by atoms with Crippen LogP contribution in [0.2, 0.25) is 0 Å². The number of hydrogen-bond donors (Lipinski definition) is 2. The molecule has 0 atom stereocenters. The molecular weight excluding hydrogens is 269 g/mol. The van der Waals surface area contributed by atoms with Crippen molar-refractivity contribution in [1.82, 2.24) is 10.2 Å². The normalized spacial score (nSPS) is 10.1. The van der Waals surface area contributed by atoms with Crippen molar-refractivity contribution in [1.29, 1.82) is 0 Å². The minimum Gasteiger partial charge on any atom is -0.392 e. The van der Waals surface area contributed by atoms with Crippen LogP contribution in [0.3, 0.4) is 0 Å². The summed E-state index contributed by atoms with van der Waals surface area (Å²) in [4.78, 5) is 21.8. The Morgan fingerprint density at radius 1 is 1.40 bits per heavy atom.